The molecule has 0 saturated carbocycles. The van der Waals surface area contributed by atoms with Crippen molar-refractivity contribution in [2.45, 2.75) is 0 Å². The normalized spacial score (nSPS) is 16.5. The van der Waals surface area contributed by atoms with Gasteiger partial charge >= 0.3 is 0 Å². The molecule has 0 spiro atoms. The monoisotopic (exact) mass is 239 g/mol. The molecule has 1 aromatic rings. The molecule has 90 valence electrons. The highest BCUT2D eigenvalue weighted by atomic mass is 19.1. The van der Waals surface area contributed by atoms with Gasteiger partial charge in [0.2, 0.25) is 0 Å². The molecule has 6 heteroatoms. The predicted molar refractivity (Wildman–Crippen MR) is 57.1 cm³/mol. The van der Waals surface area contributed by atoms with Crippen molar-refractivity contribution < 1.29 is 13.5 Å². The first kappa shape index (κ1) is 11.8. The lowest BCUT2D eigenvalue weighted by Gasteiger charge is -2.28. The van der Waals surface area contributed by atoms with E-state index >= 15 is 0 Å². The number of morpholine rings is 1. The first-order chi connectivity index (χ1) is 8.20. The summed E-state index contributed by atoms with van der Waals surface area (Å²) < 4.78 is 32.2. The van der Waals surface area contributed by atoms with E-state index in [2.05, 4.69) is 5.43 Å². The number of hydrazine groups is 1. The van der Waals surface area contributed by atoms with Crippen LogP contribution in [0.1, 0.15) is 5.56 Å². The van der Waals surface area contributed by atoms with Crippen LogP contribution in [0.5, 0.6) is 0 Å². The first-order valence-electron chi connectivity index (χ1n) is 5.19. The molecule has 0 unspecified atom stereocenters. The molecule has 0 amide bonds. The molecular weight excluding hydrogens is 228 g/mol. The van der Waals surface area contributed by atoms with Crippen molar-refractivity contribution in [3.63, 3.8) is 0 Å². The minimum Gasteiger partial charge on any atom is -0.379 e. The van der Waals surface area contributed by atoms with Gasteiger partial charge in [0.05, 0.1) is 24.8 Å². The number of halogens is 2. The third-order valence-corrected chi connectivity index (χ3v) is 2.45. The Morgan fingerprint density at radius 3 is 2.35 bits per heavy atom. The fraction of sp³-hybridized carbons (Fsp3) is 0.364. The smallest absolute Gasteiger partial charge is 0.151 e. The fourth-order valence-electron chi connectivity index (χ4n) is 1.58. The maximum Gasteiger partial charge on any atom is 0.151 e. The number of anilines is 1. The van der Waals surface area contributed by atoms with Crippen molar-refractivity contribution in [1.29, 1.82) is 5.26 Å². The molecule has 1 aromatic carbocycles. The second kappa shape index (κ2) is 5.08. The summed E-state index contributed by atoms with van der Waals surface area (Å²) in [6.07, 6.45) is 0. The Kier molecular flexibility index (Phi) is 3.52. The third-order valence-electron chi connectivity index (χ3n) is 2.45. The number of benzene rings is 1. The van der Waals surface area contributed by atoms with Gasteiger partial charge in [-0.15, -0.1) is 0 Å². The summed E-state index contributed by atoms with van der Waals surface area (Å²) in [4.78, 5) is 0. The second-order valence-corrected chi connectivity index (χ2v) is 3.64. The van der Waals surface area contributed by atoms with Crippen molar-refractivity contribution in [1.82, 2.24) is 5.01 Å². The highest BCUT2D eigenvalue weighted by molar-refractivity contribution is 5.49. The van der Waals surface area contributed by atoms with Crippen LogP contribution in [0, 0.1) is 23.0 Å². The molecule has 17 heavy (non-hydrogen) atoms. The number of hydrogen-bond donors (Lipinski definition) is 1. The van der Waals surface area contributed by atoms with Crippen molar-refractivity contribution in [2.75, 3.05) is 31.7 Å². The summed E-state index contributed by atoms with van der Waals surface area (Å²) >= 11 is 0. The Bertz CT molecular complexity index is 430. The maximum atomic E-state index is 13.5. The van der Waals surface area contributed by atoms with Gasteiger partial charge in [0.1, 0.15) is 5.69 Å². The highest BCUT2D eigenvalue weighted by Gasteiger charge is 2.16. The minimum atomic E-state index is -0.770. The standard InChI is InChI=1S/C11H11F2N3O/c12-9-5-8(7-14)6-10(13)11(9)15-16-1-3-17-4-2-16/h5-6,15H,1-4H2. The summed E-state index contributed by atoms with van der Waals surface area (Å²) in [5.74, 6) is -1.54. The predicted octanol–water partition coefficient (Wildman–Crippen LogP) is 1.50. The zero-order chi connectivity index (χ0) is 12.3. The van der Waals surface area contributed by atoms with Gasteiger partial charge in [-0.1, -0.05) is 0 Å². The van der Waals surface area contributed by atoms with Crippen molar-refractivity contribution in [3.8, 4) is 6.07 Å². The van der Waals surface area contributed by atoms with Crippen molar-refractivity contribution in [2.24, 2.45) is 0 Å². The molecule has 1 N–H and O–H groups in total. The fourth-order valence-corrected chi connectivity index (χ4v) is 1.58. The molecule has 0 aromatic heterocycles. The van der Waals surface area contributed by atoms with E-state index in [4.69, 9.17) is 10.00 Å². The molecule has 2 rings (SSSR count). The third kappa shape index (κ3) is 2.70. The average Bonchev–Trinajstić information content (AvgIpc) is 2.35. The molecule has 1 saturated heterocycles. The van der Waals surface area contributed by atoms with E-state index in [0.29, 0.717) is 26.3 Å². The Morgan fingerprint density at radius 2 is 1.82 bits per heavy atom. The van der Waals surface area contributed by atoms with Crippen LogP contribution in [0.4, 0.5) is 14.5 Å². The van der Waals surface area contributed by atoms with E-state index in [1.807, 2.05) is 0 Å². The number of nitriles is 1. The van der Waals surface area contributed by atoms with Crippen molar-refractivity contribution >= 4 is 5.69 Å². The Labute approximate surface area is 97.4 Å². The SMILES string of the molecule is N#Cc1cc(F)c(NN2CCOCC2)c(F)c1. The second-order valence-electron chi connectivity index (χ2n) is 3.64. The topological polar surface area (TPSA) is 48.3 Å². The van der Waals surface area contributed by atoms with E-state index in [1.54, 1.807) is 11.1 Å². The minimum absolute atomic E-state index is 0.0347. The van der Waals surface area contributed by atoms with E-state index < -0.39 is 11.6 Å². The lowest BCUT2D eigenvalue weighted by atomic mass is 10.2. The number of nitrogens with one attached hydrogen (secondary N) is 1. The summed E-state index contributed by atoms with van der Waals surface area (Å²) in [5.41, 5.74) is 2.40. The van der Waals surface area contributed by atoms with Crippen LogP contribution in [0.3, 0.4) is 0 Å². The molecule has 0 radical (unpaired) electrons. The zero-order valence-corrected chi connectivity index (χ0v) is 9.04. The van der Waals surface area contributed by atoms with E-state index in [1.165, 1.54) is 0 Å². The summed E-state index contributed by atoms with van der Waals surface area (Å²) in [7, 11) is 0. The number of ether oxygens (including phenoxy) is 1. The Balaban J connectivity index is 2.18. The zero-order valence-electron chi connectivity index (χ0n) is 9.04. The molecular formula is C11H11F2N3O. The summed E-state index contributed by atoms with van der Waals surface area (Å²) in [6, 6.07) is 3.71. The van der Waals surface area contributed by atoms with Crippen LogP contribution in [-0.4, -0.2) is 31.3 Å². The van der Waals surface area contributed by atoms with Gasteiger partial charge in [-0.25, -0.2) is 13.8 Å². The van der Waals surface area contributed by atoms with E-state index in [0.717, 1.165) is 12.1 Å². The maximum absolute atomic E-state index is 13.5. The van der Waals surface area contributed by atoms with Crippen LogP contribution >= 0.6 is 0 Å². The molecule has 1 aliphatic rings. The molecule has 1 heterocycles. The molecule has 0 aliphatic carbocycles. The van der Waals surface area contributed by atoms with E-state index in [-0.39, 0.29) is 11.3 Å². The molecule has 0 atom stereocenters. The molecule has 1 aliphatic heterocycles. The van der Waals surface area contributed by atoms with Crippen LogP contribution < -0.4 is 5.43 Å². The quantitative estimate of drug-likeness (QED) is 0.849. The van der Waals surface area contributed by atoms with Crippen LogP contribution in [0.15, 0.2) is 12.1 Å². The van der Waals surface area contributed by atoms with Gasteiger partial charge < -0.3 is 10.2 Å². The van der Waals surface area contributed by atoms with Crippen LogP contribution in [-0.2, 0) is 4.74 Å². The van der Waals surface area contributed by atoms with E-state index in [9.17, 15) is 8.78 Å². The average molecular weight is 239 g/mol. The number of nitrogens with zero attached hydrogens (tertiary/aromatic N) is 2. The number of rotatable bonds is 2. The molecule has 1 fully saturated rings. The molecule has 0 bridgehead atoms. The van der Waals surface area contributed by atoms with Gasteiger partial charge in [0.25, 0.3) is 0 Å². The van der Waals surface area contributed by atoms with Gasteiger partial charge in [0, 0.05) is 13.1 Å². The largest absolute Gasteiger partial charge is 0.379 e. The first-order valence-corrected chi connectivity index (χ1v) is 5.19. The van der Waals surface area contributed by atoms with Gasteiger partial charge in [0.15, 0.2) is 11.6 Å². The van der Waals surface area contributed by atoms with Crippen LogP contribution in [0.25, 0.3) is 0 Å². The Hall–Kier alpha value is -1.71. The van der Waals surface area contributed by atoms with Crippen LogP contribution in [0.2, 0.25) is 0 Å². The summed E-state index contributed by atoms with van der Waals surface area (Å²) in [6.45, 7) is 2.15. The Morgan fingerprint density at radius 1 is 1.24 bits per heavy atom. The van der Waals surface area contributed by atoms with Gasteiger partial charge in [-0.3, -0.25) is 0 Å². The lowest BCUT2D eigenvalue weighted by Crippen LogP contribution is -2.40. The highest BCUT2D eigenvalue weighted by Crippen LogP contribution is 2.21. The number of hydrogen-bond acceptors (Lipinski definition) is 4. The lowest BCUT2D eigenvalue weighted by molar-refractivity contribution is 0.0493. The molecule has 4 nitrogen and oxygen atoms in total. The summed E-state index contributed by atoms with van der Waals surface area (Å²) in [5, 5.41) is 10.2. The van der Waals surface area contributed by atoms with Crippen molar-refractivity contribution in [3.05, 3.63) is 29.3 Å². The van der Waals surface area contributed by atoms with Gasteiger partial charge in [-0.2, -0.15) is 5.26 Å². The van der Waals surface area contributed by atoms with Gasteiger partial charge in [-0.05, 0) is 12.1 Å².